The van der Waals surface area contributed by atoms with Crippen molar-refractivity contribution in [1.82, 2.24) is 20.2 Å². The van der Waals surface area contributed by atoms with Crippen LogP contribution in [0.25, 0.3) is 5.70 Å². The minimum Gasteiger partial charge on any atom is -0.497 e. The molecule has 2 heterocycles. The SMILES string of the molecule is CCOC(=O)C1=C(c2ccccc2)Nc2nnnn2[C@H]1c1ccc(OC)cc1. The van der Waals surface area contributed by atoms with Crippen molar-refractivity contribution >= 4 is 17.6 Å². The number of anilines is 1. The van der Waals surface area contributed by atoms with Gasteiger partial charge in [-0.2, -0.15) is 4.68 Å². The summed E-state index contributed by atoms with van der Waals surface area (Å²) in [5.41, 5.74) is 2.76. The summed E-state index contributed by atoms with van der Waals surface area (Å²) in [7, 11) is 1.61. The van der Waals surface area contributed by atoms with Gasteiger partial charge in [0, 0.05) is 0 Å². The zero-order chi connectivity index (χ0) is 19.5. The minimum absolute atomic E-state index is 0.266. The normalized spacial score (nSPS) is 15.6. The highest BCUT2D eigenvalue weighted by molar-refractivity contribution is 6.02. The van der Waals surface area contributed by atoms with Crippen molar-refractivity contribution in [2.75, 3.05) is 19.0 Å². The van der Waals surface area contributed by atoms with E-state index in [2.05, 4.69) is 20.8 Å². The molecule has 4 rings (SSSR count). The molecule has 0 aliphatic carbocycles. The first kappa shape index (κ1) is 17.7. The topological polar surface area (TPSA) is 91.2 Å². The van der Waals surface area contributed by atoms with Crippen LogP contribution < -0.4 is 10.1 Å². The van der Waals surface area contributed by atoms with E-state index in [0.717, 1.165) is 16.9 Å². The fraction of sp³-hybridized carbons (Fsp3) is 0.200. The van der Waals surface area contributed by atoms with Crippen molar-refractivity contribution in [3.8, 4) is 5.75 Å². The van der Waals surface area contributed by atoms with Gasteiger partial charge in [0.2, 0.25) is 5.95 Å². The van der Waals surface area contributed by atoms with Gasteiger partial charge in [-0.3, -0.25) is 0 Å². The highest BCUT2D eigenvalue weighted by Gasteiger charge is 2.36. The summed E-state index contributed by atoms with van der Waals surface area (Å²) in [5, 5.41) is 15.1. The summed E-state index contributed by atoms with van der Waals surface area (Å²) in [4.78, 5) is 13.0. The molecule has 2 aromatic carbocycles. The molecule has 0 bridgehead atoms. The van der Waals surface area contributed by atoms with Gasteiger partial charge in [0.05, 0.1) is 25.0 Å². The van der Waals surface area contributed by atoms with Crippen LogP contribution in [-0.2, 0) is 9.53 Å². The lowest BCUT2D eigenvalue weighted by Crippen LogP contribution is -2.30. The average Bonchev–Trinajstić information content (AvgIpc) is 3.21. The Balaban J connectivity index is 1.93. The van der Waals surface area contributed by atoms with Crippen molar-refractivity contribution in [3.63, 3.8) is 0 Å². The molecule has 0 saturated heterocycles. The van der Waals surface area contributed by atoms with Gasteiger partial charge in [-0.1, -0.05) is 47.6 Å². The van der Waals surface area contributed by atoms with E-state index in [1.165, 1.54) is 0 Å². The van der Waals surface area contributed by atoms with Crippen LogP contribution in [0.1, 0.15) is 24.1 Å². The predicted octanol–water partition coefficient (Wildman–Crippen LogP) is 2.67. The van der Waals surface area contributed by atoms with E-state index in [4.69, 9.17) is 9.47 Å². The second-order valence-electron chi connectivity index (χ2n) is 6.12. The molecule has 0 radical (unpaired) electrons. The number of esters is 1. The number of fused-ring (bicyclic) bond motifs is 1. The van der Waals surface area contributed by atoms with Crippen LogP contribution in [0.5, 0.6) is 5.75 Å². The number of nitrogens with zero attached hydrogens (tertiary/aromatic N) is 4. The molecule has 1 aliphatic heterocycles. The van der Waals surface area contributed by atoms with Crippen LogP contribution in [0.15, 0.2) is 60.2 Å². The van der Waals surface area contributed by atoms with E-state index in [1.807, 2.05) is 54.6 Å². The van der Waals surface area contributed by atoms with Crippen molar-refractivity contribution in [2.45, 2.75) is 13.0 Å². The number of carbonyl (C=O) groups is 1. The van der Waals surface area contributed by atoms with E-state index in [9.17, 15) is 4.79 Å². The average molecular weight is 377 g/mol. The molecule has 0 spiro atoms. The predicted molar refractivity (Wildman–Crippen MR) is 103 cm³/mol. The van der Waals surface area contributed by atoms with Crippen LogP contribution in [-0.4, -0.2) is 39.9 Å². The van der Waals surface area contributed by atoms with Crippen LogP contribution in [0.4, 0.5) is 5.95 Å². The molecule has 0 amide bonds. The molecule has 0 saturated carbocycles. The van der Waals surface area contributed by atoms with Crippen LogP contribution in [0.3, 0.4) is 0 Å². The molecule has 1 aliphatic rings. The second kappa shape index (κ2) is 7.51. The fourth-order valence-electron chi connectivity index (χ4n) is 3.24. The number of methoxy groups -OCH3 is 1. The lowest BCUT2D eigenvalue weighted by Gasteiger charge is -2.28. The molecule has 3 aromatic rings. The number of tetrazole rings is 1. The molecule has 1 atom stereocenters. The maximum absolute atomic E-state index is 13.0. The molecule has 1 aromatic heterocycles. The van der Waals surface area contributed by atoms with E-state index < -0.39 is 12.0 Å². The third-order valence-corrected chi connectivity index (χ3v) is 4.51. The van der Waals surface area contributed by atoms with Gasteiger partial charge in [0.25, 0.3) is 0 Å². The maximum atomic E-state index is 13.0. The Kier molecular flexibility index (Phi) is 4.76. The van der Waals surface area contributed by atoms with E-state index in [1.54, 1.807) is 18.7 Å². The second-order valence-corrected chi connectivity index (χ2v) is 6.12. The van der Waals surface area contributed by atoms with Crippen LogP contribution >= 0.6 is 0 Å². The first-order chi connectivity index (χ1) is 13.7. The molecule has 1 N–H and O–H groups in total. The monoisotopic (exact) mass is 377 g/mol. The third-order valence-electron chi connectivity index (χ3n) is 4.51. The van der Waals surface area contributed by atoms with E-state index in [0.29, 0.717) is 17.2 Å². The van der Waals surface area contributed by atoms with Crippen molar-refractivity contribution in [1.29, 1.82) is 0 Å². The van der Waals surface area contributed by atoms with Gasteiger partial charge >= 0.3 is 5.97 Å². The lowest BCUT2D eigenvalue weighted by molar-refractivity contribution is -0.138. The smallest absolute Gasteiger partial charge is 0.338 e. The molecule has 8 nitrogen and oxygen atoms in total. The number of ether oxygens (including phenoxy) is 2. The molecular weight excluding hydrogens is 358 g/mol. The number of hydrogen-bond donors (Lipinski definition) is 1. The number of nitrogens with one attached hydrogen (secondary N) is 1. The Morgan fingerprint density at radius 3 is 2.57 bits per heavy atom. The Labute approximate surface area is 161 Å². The van der Waals surface area contributed by atoms with Gasteiger partial charge in [0.15, 0.2) is 0 Å². The largest absolute Gasteiger partial charge is 0.497 e. The van der Waals surface area contributed by atoms with Gasteiger partial charge in [0.1, 0.15) is 11.8 Å². The highest BCUT2D eigenvalue weighted by atomic mass is 16.5. The Morgan fingerprint density at radius 2 is 1.89 bits per heavy atom. The molecule has 8 heteroatoms. The summed E-state index contributed by atoms with van der Waals surface area (Å²) in [5.74, 6) is 0.753. The van der Waals surface area contributed by atoms with E-state index >= 15 is 0 Å². The van der Waals surface area contributed by atoms with Gasteiger partial charge in [-0.15, -0.1) is 0 Å². The van der Waals surface area contributed by atoms with Crippen LogP contribution in [0.2, 0.25) is 0 Å². The van der Waals surface area contributed by atoms with Gasteiger partial charge in [-0.05, 0) is 40.6 Å². The first-order valence-electron chi connectivity index (χ1n) is 8.88. The third kappa shape index (κ3) is 3.09. The molecule has 28 heavy (non-hydrogen) atoms. The summed E-state index contributed by atoms with van der Waals surface area (Å²) in [6.45, 7) is 2.05. The molecule has 142 valence electrons. The standard InChI is InChI=1S/C20H19N5O3/c1-3-28-19(26)16-17(13-7-5-4-6-8-13)21-20-22-23-24-25(20)18(16)14-9-11-15(27-2)12-10-14/h4-12,18H,3H2,1-2H3,(H,21,22,24)/t18-/m0/s1. The van der Waals surface area contributed by atoms with Crippen molar-refractivity contribution in [3.05, 3.63) is 71.3 Å². The summed E-state index contributed by atoms with van der Waals surface area (Å²) in [6, 6.07) is 16.5. The van der Waals surface area contributed by atoms with Crippen LogP contribution in [0, 0.1) is 0 Å². The first-order valence-corrected chi connectivity index (χ1v) is 8.88. The minimum atomic E-state index is -0.536. The number of carbonyl (C=O) groups excluding carboxylic acids is 1. The zero-order valence-corrected chi connectivity index (χ0v) is 15.5. The summed E-state index contributed by atoms with van der Waals surface area (Å²) >= 11 is 0. The van der Waals surface area contributed by atoms with Gasteiger partial charge < -0.3 is 14.8 Å². The van der Waals surface area contributed by atoms with E-state index in [-0.39, 0.29) is 6.61 Å². The molecule has 0 unspecified atom stereocenters. The highest BCUT2D eigenvalue weighted by Crippen LogP contribution is 2.38. The zero-order valence-electron chi connectivity index (χ0n) is 15.5. The number of hydrogen-bond acceptors (Lipinski definition) is 7. The lowest BCUT2D eigenvalue weighted by atomic mass is 9.93. The number of rotatable bonds is 5. The summed E-state index contributed by atoms with van der Waals surface area (Å²) in [6.07, 6.45) is 0. The van der Waals surface area contributed by atoms with Gasteiger partial charge in [-0.25, -0.2) is 4.79 Å². The maximum Gasteiger partial charge on any atom is 0.338 e. The number of aromatic nitrogens is 4. The quantitative estimate of drug-likeness (QED) is 0.684. The van der Waals surface area contributed by atoms with Crippen molar-refractivity contribution < 1.29 is 14.3 Å². The Morgan fingerprint density at radius 1 is 1.14 bits per heavy atom. The molecule has 0 fully saturated rings. The fourth-order valence-corrected chi connectivity index (χ4v) is 3.24. The Hall–Kier alpha value is -3.68. The van der Waals surface area contributed by atoms with Crippen molar-refractivity contribution in [2.24, 2.45) is 0 Å². The summed E-state index contributed by atoms with van der Waals surface area (Å²) < 4.78 is 12.2. The number of benzene rings is 2. The molecular formula is C20H19N5O3. The Bertz CT molecular complexity index is 1010.